The third-order valence-corrected chi connectivity index (χ3v) is 7.31. The van der Waals surface area contributed by atoms with E-state index in [0.717, 1.165) is 12.8 Å². The Hall–Kier alpha value is -3.48. The van der Waals surface area contributed by atoms with Gasteiger partial charge in [-0.15, -0.1) is 5.10 Å². The summed E-state index contributed by atoms with van der Waals surface area (Å²) in [6, 6.07) is 5.70. The first kappa shape index (κ1) is 21.4. The highest BCUT2D eigenvalue weighted by atomic mass is 32.2. The standard InChI is InChI=1S/C20H22FN7O4S/c1-20(2)11-13-5-8-26-9-7-17(24-26)33(30,31)25-19(29)14-3-4-15(22-18(14)27(20)12-13)28-10-6-16(23-28)32-21/h3-4,6-7,9-10,13H,5,8,11-12H2,1-2H3,(H,25,29)/t13-/m1/s1. The van der Waals surface area contributed by atoms with Crippen molar-refractivity contribution in [3.05, 3.63) is 42.2 Å². The minimum absolute atomic E-state index is 0.101. The maximum atomic E-state index is 13.1. The SMILES string of the molecule is CC1(C)C[C@H]2CCn3ccc(n3)S(=O)(=O)NC(=O)c3ccc(-n4ccc(OF)n4)nc3N1C2. The molecule has 5 rings (SSSR count). The first-order valence-electron chi connectivity index (χ1n) is 10.4. The summed E-state index contributed by atoms with van der Waals surface area (Å²) in [5.74, 6) is -0.111. The van der Waals surface area contributed by atoms with Gasteiger partial charge in [-0.2, -0.15) is 13.5 Å². The number of hydrogen-bond acceptors (Lipinski definition) is 8. The molecule has 3 aromatic rings. The average molecular weight is 476 g/mol. The fourth-order valence-electron chi connectivity index (χ4n) is 4.53. The van der Waals surface area contributed by atoms with Gasteiger partial charge in [-0.05, 0) is 50.8 Å². The van der Waals surface area contributed by atoms with E-state index in [9.17, 15) is 17.7 Å². The lowest BCUT2D eigenvalue weighted by Gasteiger charge is -2.34. The summed E-state index contributed by atoms with van der Waals surface area (Å²) in [6.07, 6.45) is 4.72. The van der Waals surface area contributed by atoms with Crippen LogP contribution in [0.5, 0.6) is 5.88 Å². The van der Waals surface area contributed by atoms with E-state index in [-0.39, 0.29) is 27.9 Å². The number of sulfonamides is 1. The summed E-state index contributed by atoms with van der Waals surface area (Å²) < 4.78 is 43.0. The monoisotopic (exact) mass is 475 g/mol. The van der Waals surface area contributed by atoms with Gasteiger partial charge in [0.2, 0.25) is 0 Å². The molecule has 4 bridgehead atoms. The molecule has 0 aliphatic carbocycles. The van der Waals surface area contributed by atoms with Crippen molar-refractivity contribution in [2.75, 3.05) is 11.4 Å². The molecular weight excluding hydrogens is 453 g/mol. The van der Waals surface area contributed by atoms with Crippen LogP contribution in [0, 0.1) is 5.92 Å². The Morgan fingerprint density at radius 3 is 2.76 bits per heavy atom. The molecule has 3 aromatic heterocycles. The molecule has 2 aliphatic heterocycles. The van der Waals surface area contributed by atoms with Crippen molar-refractivity contribution in [2.45, 2.75) is 43.8 Å². The molecule has 1 amide bonds. The molecule has 0 spiro atoms. The number of halogens is 1. The Kier molecular flexibility index (Phi) is 4.88. The molecule has 0 unspecified atom stereocenters. The third kappa shape index (κ3) is 3.81. The largest absolute Gasteiger partial charge is 0.350 e. The van der Waals surface area contributed by atoms with Gasteiger partial charge in [-0.1, -0.05) is 0 Å². The smallest absolute Gasteiger partial charge is 0.283 e. The van der Waals surface area contributed by atoms with Crippen molar-refractivity contribution >= 4 is 21.7 Å². The van der Waals surface area contributed by atoms with Crippen LogP contribution in [0.3, 0.4) is 0 Å². The number of amides is 1. The number of fused-ring (bicyclic) bond motifs is 6. The molecule has 1 fully saturated rings. The molecule has 0 radical (unpaired) electrons. The van der Waals surface area contributed by atoms with Crippen LogP contribution in [0.25, 0.3) is 5.82 Å². The van der Waals surface area contributed by atoms with E-state index in [0.29, 0.717) is 24.7 Å². The van der Waals surface area contributed by atoms with E-state index in [4.69, 9.17) is 0 Å². The zero-order valence-corrected chi connectivity index (χ0v) is 18.8. The van der Waals surface area contributed by atoms with E-state index in [2.05, 4.69) is 38.7 Å². The highest BCUT2D eigenvalue weighted by Gasteiger charge is 2.41. The highest BCUT2D eigenvalue weighted by molar-refractivity contribution is 7.90. The lowest BCUT2D eigenvalue weighted by Crippen LogP contribution is -2.41. The van der Waals surface area contributed by atoms with Gasteiger partial charge < -0.3 is 4.90 Å². The van der Waals surface area contributed by atoms with Gasteiger partial charge in [0.15, 0.2) is 10.8 Å². The van der Waals surface area contributed by atoms with Crippen molar-refractivity contribution in [1.82, 2.24) is 29.3 Å². The van der Waals surface area contributed by atoms with E-state index in [1.165, 1.54) is 35.1 Å². The number of rotatable bonds is 2. The number of nitrogens with one attached hydrogen (secondary N) is 1. The zero-order chi connectivity index (χ0) is 23.4. The fourth-order valence-corrected chi connectivity index (χ4v) is 5.44. The number of anilines is 1. The maximum Gasteiger partial charge on any atom is 0.283 e. The summed E-state index contributed by atoms with van der Waals surface area (Å²) >= 11 is 0. The number of hydrogen-bond donors (Lipinski definition) is 1. The summed E-state index contributed by atoms with van der Waals surface area (Å²) in [5.41, 5.74) is -0.246. The lowest BCUT2D eigenvalue weighted by molar-refractivity contribution is -0.0122. The van der Waals surface area contributed by atoms with Crippen LogP contribution < -0.4 is 14.6 Å². The predicted octanol–water partition coefficient (Wildman–Crippen LogP) is 1.85. The van der Waals surface area contributed by atoms with E-state index in [1.54, 1.807) is 10.9 Å². The summed E-state index contributed by atoms with van der Waals surface area (Å²) in [7, 11) is -4.17. The van der Waals surface area contributed by atoms with Gasteiger partial charge >= 0.3 is 0 Å². The first-order chi connectivity index (χ1) is 15.7. The first-order valence-corrected chi connectivity index (χ1v) is 11.9. The van der Waals surface area contributed by atoms with Gasteiger partial charge in [-0.25, -0.2) is 14.4 Å². The van der Waals surface area contributed by atoms with Gasteiger partial charge in [0.05, 0.1) is 5.56 Å². The molecule has 1 N–H and O–H groups in total. The second-order valence-electron chi connectivity index (χ2n) is 8.85. The molecular formula is C20H22FN7O4S. The van der Waals surface area contributed by atoms with Crippen molar-refractivity contribution in [3.63, 3.8) is 0 Å². The van der Waals surface area contributed by atoms with Gasteiger partial charge in [0.25, 0.3) is 21.8 Å². The molecule has 1 atom stereocenters. The second kappa shape index (κ2) is 7.54. The highest BCUT2D eigenvalue weighted by Crippen LogP contribution is 2.39. The van der Waals surface area contributed by atoms with Crippen LogP contribution in [0.15, 0.2) is 41.7 Å². The minimum atomic E-state index is -4.17. The van der Waals surface area contributed by atoms with Crippen molar-refractivity contribution in [2.24, 2.45) is 5.92 Å². The van der Waals surface area contributed by atoms with Crippen LogP contribution in [-0.4, -0.2) is 51.0 Å². The summed E-state index contributed by atoms with van der Waals surface area (Å²) in [5, 5.41) is 7.85. The van der Waals surface area contributed by atoms with E-state index < -0.39 is 15.9 Å². The molecule has 5 heterocycles. The Labute approximate surface area is 189 Å². The Bertz CT molecular complexity index is 1330. The van der Waals surface area contributed by atoms with Crippen LogP contribution in [0.4, 0.5) is 10.3 Å². The van der Waals surface area contributed by atoms with Crippen molar-refractivity contribution in [1.29, 1.82) is 0 Å². The third-order valence-electron chi connectivity index (χ3n) is 6.08. The van der Waals surface area contributed by atoms with E-state index in [1.807, 2.05) is 4.90 Å². The van der Waals surface area contributed by atoms with Crippen molar-refractivity contribution < 1.29 is 22.7 Å². The normalized spacial score (nSPS) is 21.4. The number of nitrogens with zero attached hydrogens (tertiary/aromatic N) is 6. The molecule has 1 saturated heterocycles. The summed E-state index contributed by atoms with van der Waals surface area (Å²) in [6.45, 7) is 5.29. The summed E-state index contributed by atoms with van der Waals surface area (Å²) in [4.78, 5) is 23.5. The second-order valence-corrected chi connectivity index (χ2v) is 10.5. The maximum absolute atomic E-state index is 13.1. The van der Waals surface area contributed by atoms with Crippen molar-refractivity contribution in [3.8, 4) is 11.7 Å². The minimum Gasteiger partial charge on any atom is -0.350 e. The Morgan fingerprint density at radius 2 is 2.00 bits per heavy atom. The predicted molar refractivity (Wildman–Crippen MR) is 114 cm³/mol. The lowest BCUT2D eigenvalue weighted by atomic mass is 9.94. The molecule has 33 heavy (non-hydrogen) atoms. The van der Waals surface area contributed by atoms with Crippen LogP contribution in [0.2, 0.25) is 0 Å². The van der Waals surface area contributed by atoms with Crippen LogP contribution in [0.1, 0.15) is 37.0 Å². The molecule has 2 aliphatic rings. The molecule has 0 saturated carbocycles. The Morgan fingerprint density at radius 1 is 1.18 bits per heavy atom. The van der Waals surface area contributed by atoms with Gasteiger partial charge in [0, 0.05) is 41.6 Å². The number of aromatic nitrogens is 5. The number of carbonyl (C=O) groups excluding carboxylic acids is 1. The van der Waals surface area contributed by atoms with Crippen LogP contribution in [-0.2, 0) is 16.6 Å². The number of aryl methyl sites for hydroxylation is 1. The topological polar surface area (TPSA) is 124 Å². The van der Waals surface area contributed by atoms with Gasteiger partial charge in [-0.3, -0.25) is 14.4 Å². The molecule has 11 nitrogen and oxygen atoms in total. The number of carbonyl (C=O) groups is 1. The zero-order valence-electron chi connectivity index (χ0n) is 18.0. The Balaban J connectivity index is 1.64. The molecule has 0 aromatic carbocycles. The van der Waals surface area contributed by atoms with Gasteiger partial charge in [0.1, 0.15) is 5.82 Å². The molecule has 174 valence electrons. The van der Waals surface area contributed by atoms with E-state index >= 15 is 0 Å². The van der Waals surface area contributed by atoms with Crippen LogP contribution >= 0.6 is 0 Å². The average Bonchev–Trinajstić information content (AvgIpc) is 3.49. The number of pyridine rings is 1. The fraction of sp³-hybridized carbons (Fsp3) is 0.400. The quantitative estimate of drug-likeness (QED) is 0.596. The molecule has 13 heteroatoms.